The Morgan fingerprint density at radius 1 is 1.44 bits per heavy atom. The summed E-state index contributed by atoms with van der Waals surface area (Å²) in [6, 6.07) is 8.00. The number of likely N-dealkylation sites (N-methyl/N-ethyl adjacent to an activating group) is 1. The number of rotatable bonds is 7. The predicted molar refractivity (Wildman–Crippen MR) is 99.7 cm³/mol. The second kappa shape index (κ2) is 8.47. The summed E-state index contributed by atoms with van der Waals surface area (Å²) in [5.41, 5.74) is 2.37. The number of H-pyrrole nitrogens is 1. The van der Waals surface area contributed by atoms with Gasteiger partial charge in [0.2, 0.25) is 5.91 Å². The van der Waals surface area contributed by atoms with Gasteiger partial charge in [0.1, 0.15) is 0 Å². The van der Waals surface area contributed by atoms with E-state index < -0.39 is 0 Å². The van der Waals surface area contributed by atoms with Crippen LogP contribution in [0.4, 0.5) is 0 Å². The monoisotopic (exact) mass is 344 g/mol. The summed E-state index contributed by atoms with van der Waals surface area (Å²) in [4.78, 5) is 17.8. The maximum absolute atomic E-state index is 12.2. The van der Waals surface area contributed by atoms with E-state index in [0.29, 0.717) is 13.1 Å². The van der Waals surface area contributed by atoms with Gasteiger partial charge in [-0.1, -0.05) is 18.2 Å². The summed E-state index contributed by atoms with van der Waals surface area (Å²) >= 11 is 0. The number of carbonyl (C=O) groups excluding carboxylic acids is 1. The lowest BCUT2D eigenvalue weighted by Gasteiger charge is -2.30. The van der Waals surface area contributed by atoms with Crippen molar-refractivity contribution >= 4 is 16.8 Å². The zero-order valence-electron chi connectivity index (χ0n) is 15.0. The Kier molecular flexibility index (Phi) is 6.07. The number of morpholine rings is 1. The van der Waals surface area contributed by atoms with Crippen molar-refractivity contribution in [2.24, 2.45) is 0 Å². The van der Waals surface area contributed by atoms with Crippen LogP contribution in [0.2, 0.25) is 0 Å². The fourth-order valence-electron chi connectivity index (χ4n) is 3.20. The molecule has 1 saturated heterocycles. The quantitative estimate of drug-likeness (QED) is 0.704. The zero-order valence-corrected chi connectivity index (χ0v) is 15.0. The van der Waals surface area contributed by atoms with E-state index in [1.54, 1.807) is 0 Å². The van der Waals surface area contributed by atoms with Gasteiger partial charge < -0.3 is 25.3 Å². The molecule has 0 spiro atoms. The predicted octanol–water partition coefficient (Wildman–Crippen LogP) is 1.14. The highest BCUT2D eigenvalue weighted by Gasteiger charge is 2.19. The third kappa shape index (κ3) is 4.81. The van der Waals surface area contributed by atoms with E-state index in [0.717, 1.165) is 31.6 Å². The molecule has 3 rings (SSSR count). The highest BCUT2D eigenvalue weighted by Crippen LogP contribution is 2.17. The largest absolute Gasteiger partial charge is 0.374 e. The number of carbonyl (C=O) groups is 1. The minimum absolute atomic E-state index is 0.0315. The highest BCUT2D eigenvalue weighted by atomic mass is 16.5. The molecule has 6 heteroatoms. The Balaban J connectivity index is 1.39. The first-order valence-corrected chi connectivity index (χ1v) is 8.99. The number of aromatic nitrogens is 1. The van der Waals surface area contributed by atoms with Crippen LogP contribution < -0.4 is 10.6 Å². The van der Waals surface area contributed by atoms with Crippen LogP contribution in [-0.2, 0) is 16.0 Å². The molecule has 6 nitrogen and oxygen atoms in total. The van der Waals surface area contributed by atoms with Crippen LogP contribution in [0.1, 0.15) is 12.5 Å². The smallest absolute Gasteiger partial charge is 0.236 e. The Hall–Kier alpha value is -1.89. The number of ether oxygens (including phenoxy) is 1. The summed E-state index contributed by atoms with van der Waals surface area (Å²) in [6.07, 6.45) is 2.99. The molecule has 0 saturated carbocycles. The van der Waals surface area contributed by atoms with Crippen LogP contribution in [0.25, 0.3) is 10.9 Å². The molecule has 3 N–H and O–H groups in total. The van der Waals surface area contributed by atoms with Gasteiger partial charge in [-0.05, 0) is 32.0 Å². The van der Waals surface area contributed by atoms with E-state index in [2.05, 4.69) is 39.7 Å². The van der Waals surface area contributed by atoms with Crippen LogP contribution >= 0.6 is 0 Å². The first-order chi connectivity index (χ1) is 12.1. The highest BCUT2D eigenvalue weighted by molar-refractivity contribution is 5.83. The molecule has 0 radical (unpaired) electrons. The second-order valence-electron chi connectivity index (χ2n) is 6.79. The van der Waals surface area contributed by atoms with E-state index in [-0.39, 0.29) is 18.1 Å². The average Bonchev–Trinajstić information content (AvgIpc) is 3.03. The molecule has 2 aromatic rings. The van der Waals surface area contributed by atoms with Crippen molar-refractivity contribution in [1.29, 1.82) is 0 Å². The van der Waals surface area contributed by atoms with E-state index in [9.17, 15) is 4.79 Å². The summed E-state index contributed by atoms with van der Waals surface area (Å²) < 4.78 is 5.71. The number of aromatic amines is 1. The molecular weight excluding hydrogens is 316 g/mol. The third-order valence-electron chi connectivity index (χ3n) is 4.76. The fraction of sp³-hybridized carbons (Fsp3) is 0.526. The number of nitrogens with zero attached hydrogens (tertiary/aromatic N) is 1. The van der Waals surface area contributed by atoms with Crippen LogP contribution in [0, 0.1) is 0 Å². The van der Waals surface area contributed by atoms with Gasteiger partial charge in [0.25, 0.3) is 0 Å². The van der Waals surface area contributed by atoms with Crippen molar-refractivity contribution < 1.29 is 9.53 Å². The molecule has 1 aliphatic heterocycles. The van der Waals surface area contributed by atoms with E-state index in [1.807, 2.05) is 25.3 Å². The number of para-hydroxylation sites is 1. The van der Waals surface area contributed by atoms with Crippen LogP contribution in [0.5, 0.6) is 0 Å². The topological polar surface area (TPSA) is 69.4 Å². The maximum Gasteiger partial charge on any atom is 0.236 e. The van der Waals surface area contributed by atoms with Crippen molar-refractivity contribution in [1.82, 2.24) is 20.5 Å². The normalized spacial score (nSPS) is 19.8. The first kappa shape index (κ1) is 17.9. The minimum Gasteiger partial charge on any atom is -0.374 e. The molecular formula is C19H28N4O2. The third-order valence-corrected chi connectivity index (χ3v) is 4.76. The Morgan fingerprint density at radius 2 is 2.28 bits per heavy atom. The molecule has 1 amide bonds. The molecule has 2 atom stereocenters. The molecule has 2 heterocycles. The van der Waals surface area contributed by atoms with Gasteiger partial charge in [-0.2, -0.15) is 0 Å². The SMILES string of the molecule is CC(NCC1CN(C)CCO1)C(=O)NCCc1c[nH]c2ccccc12. The minimum atomic E-state index is -0.223. The Labute approximate surface area is 148 Å². The Morgan fingerprint density at radius 3 is 3.12 bits per heavy atom. The van der Waals surface area contributed by atoms with Crippen molar-refractivity contribution in [3.8, 4) is 0 Å². The number of fused-ring (bicyclic) bond motifs is 1. The maximum atomic E-state index is 12.2. The number of hydrogen-bond donors (Lipinski definition) is 3. The lowest BCUT2D eigenvalue weighted by atomic mass is 10.1. The number of benzene rings is 1. The summed E-state index contributed by atoms with van der Waals surface area (Å²) in [5.74, 6) is 0.0315. The van der Waals surface area contributed by atoms with Crippen LogP contribution in [0.15, 0.2) is 30.5 Å². The first-order valence-electron chi connectivity index (χ1n) is 8.99. The average molecular weight is 344 g/mol. The van der Waals surface area contributed by atoms with Crippen molar-refractivity contribution in [3.63, 3.8) is 0 Å². The van der Waals surface area contributed by atoms with E-state index >= 15 is 0 Å². The number of nitrogens with one attached hydrogen (secondary N) is 3. The van der Waals surface area contributed by atoms with Crippen molar-refractivity contribution in [3.05, 3.63) is 36.0 Å². The molecule has 1 aromatic heterocycles. The van der Waals surface area contributed by atoms with Crippen LogP contribution in [-0.4, -0.2) is 67.8 Å². The summed E-state index contributed by atoms with van der Waals surface area (Å²) in [6.45, 7) is 5.86. The van der Waals surface area contributed by atoms with E-state index in [4.69, 9.17) is 4.74 Å². The summed E-state index contributed by atoms with van der Waals surface area (Å²) in [7, 11) is 2.09. The zero-order chi connectivity index (χ0) is 17.6. The molecule has 1 aliphatic rings. The molecule has 1 aromatic carbocycles. The van der Waals surface area contributed by atoms with Gasteiger partial charge >= 0.3 is 0 Å². The second-order valence-corrected chi connectivity index (χ2v) is 6.79. The lowest BCUT2D eigenvalue weighted by Crippen LogP contribution is -2.49. The van der Waals surface area contributed by atoms with Gasteiger partial charge in [0, 0.05) is 43.3 Å². The van der Waals surface area contributed by atoms with Crippen LogP contribution in [0.3, 0.4) is 0 Å². The lowest BCUT2D eigenvalue weighted by molar-refractivity contribution is -0.122. The Bertz CT molecular complexity index is 700. The van der Waals surface area contributed by atoms with Crippen molar-refractivity contribution in [2.75, 3.05) is 39.8 Å². The van der Waals surface area contributed by atoms with E-state index in [1.165, 1.54) is 10.9 Å². The molecule has 136 valence electrons. The van der Waals surface area contributed by atoms with Gasteiger partial charge in [-0.25, -0.2) is 0 Å². The van der Waals surface area contributed by atoms with Gasteiger partial charge in [-0.15, -0.1) is 0 Å². The van der Waals surface area contributed by atoms with Gasteiger partial charge in [0.15, 0.2) is 0 Å². The molecule has 0 bridgehead atoms. The molecule has 25 heavy (non-hydrogen) atoms. The number of amides is 1. The van der Waals surface area contributed by atoms with Crippen molar-refractivity contribution in [2.45, 2.75) is 25.5 Å². The summed E-state index contributed by atoms with van der Waals surface area (Å²) in [5, 5.41) is 7.52. The standard InChI is InChI=1S/C19H28N4O2/c1-14(21-12-16-13-23(2)9-10-25-16)19(24)20-8-7-15-11-22-18-6-4-3-5-17(15)18/h3-6,11,14,16,21-22H,7-10,12-13H2,1-2H3,(H,20,24). The molecule has 0 aliphatic carbocycles. The fourth-order valence-corrected chi connectivity index (χ4v) is 3.20. The van der Waals surface area contributed by atoms with Gasteiger partial charge in [-0.3, -0.25) is 4.79 Å². The molecule has 1 fully saturated rings. The number of hydrogen-bond acceptors (Lipinski definition) is 4. The molecule has 2 unspecified atom stereocenters. The van der Waals surface area contributed by atoms with Gasteiger partial charge in [0.05, 0.1) is 18.8 Å².